The van der Waals surface area contributed by atoms with Crippen LogP contribution in [-0.2, 0) is 5.33 Å². The normalized spacial score (nSPS) is 22.4. The Morgan fingerprint density at radius 1 is 1.50 bits per heavy atom. The number of nitrogens with one attached hydrogen (secondary N) is 1. The number of hydrogen-bond donors (Lipinski definition) is 1. The number of benzene rings is 1. The molecule has 1 fully saturated rings. The molecule has 2 rings (SSSR count). The molecule has 18 heavy (non-hydrogen) atoms. The van der Waals surface area contributed by atoms with E-state index in [1.54, 1.807) is 23.9 Å². The van der Waals surface area contributed by atoms with Crippen molar-refractivity contribution in [1.82, 2.24) is 5.32 Å². The molecular formula is C13H13BrN2OS. The summed E-state index contributed by atoms with van der Waals surface area (Å²) in [6.07, 6.45) is 0.722. The topological polar surface area (TPSA) is 52.9 Å². The summed E-state index contributed by atoms with van der Waals surface area (Å²) < 4.78 is 0. The van der Waals surface area contributed by atoms with E-state index in [9.17, 15) is 10.1 Å². The number of nitriles is 1. The maximum absolute atomic E-state index is 12.1. The summed E-state index contributed by atoms with van der Waals surface area (Å²) in [6.45, 7) is 0. The summed E-state index contributed by atoms with van der Waals surface area (Å²) in [5, 5.41) is 12.8. The third-order valence-electron chi connectivity index (χ3n) is 2.96. The molecule has 1 unspecified atom stereocenters. The van der Waals surface area contributed by atoms with Crippen molar-refractivity contribution >= 4 is 33.6 Å². The first-order valence-electron chi connectivity index (χ1n) is 5.65. The highest BCUT2D eigenvalue weighted by atomic mass is 79.9. The summed E-state index contributed by atoms with van der Waals surface area (Å²) in [5.74, 6) is 1.44. The van der Waals surface area contributed by atoms with E-state index in [2.05, 4.69) is 27.3 Å². The maximum Gasteiger partial charge on any atom is 0.252 e. The molecule has 1 N–H and O–H groups in total. The average molecular weight is 325 g/mol. The van der Waals surface area contributed by atoms with Gasteiger partial charge in [0.2, 0.25) is 0 Å². The van der Waals surface area contributed by atoms with Crippen LogP contribution in [0.3, 0.4) is 0 Å². The minimum absolute atomic E-state index is 0.167. The van der Waals surface area contributed by atoms with Crippen LogP contribution in [-0.4, -0.2) is 23.0 Å². The van der Waals surface area contributed by atoms with Gasteiger partial charge >= 0.3 is 0 Å². The Hall–Kier alpha value is -0.990. The van der Waals surface area contributed by atoms with Gasteiger partial charge in [-0.05, 0) is 29.9 Å². The number of nitrogens with zero attached hydrogens (tertiary/aromatic N) is 1. The van der Waals surface area contributed by atoms with Gasteiger partial charge in [0, 0.05) is 16.6 Å². The molecule has 0 bridgehead atoms. The van der Waals surface area contributed by atoms with Gasteiger partial charge in [0.25, 0.3) is 5.91 Å². The van der Waals surface area contributed by atoms with Crippen molar-refractivity contribution in [3.8, 4) is 6.07 Å². The number of amides is 1. The van der Waals surface area contributed by atoms with Crippen molar-refractivity contribution < 1.29 is 4.79 Å². The van der Waals surface area contributed by atoms with E-state index in [0.717, 1.165) is 23.1 Å². The van der Waals surface area contributed by atoms with Crippen molar-refractivity contribution in [2.24, 2.45) is 0 Å². The predicted octanol–water partition coefficient (Wildman–Crippen LogP) is 2.71. The van der Waals surface area contributed by atoms with Gasteiger partial charge in [0.05, 0.1) is 6.07 Å². The molecule has 0 aromatic heterocycles. The molecule has 1 saturated heterocycles. The maximum atomic E-state index is 12.1. The van der Waals surface area contributed by atoms with Crippen molar-refractivity contribution in [2.75, 3.05) is 11.5 Å². The molecule has 0 aliphatic carbocycles. The summed E-state index contributed by atoms with van der Waals surface area (Å²) in [5.41, 5.74) is 1.04. The number of rotatable bonds is 3. The average Bonchev–Trinajstić information content (AvgIpc) is 2.88. The number of carbonyl (C=O) groups excluding carboxylic acids is 1. The van der Waals surface area contributed by atoms with E-state index in [0.29, 0.717) is 11.3 Å². The zero-order chi connectivity index (χ0) is 13.0. The lowest BCUT2D eigenvalue weighted by Crippen LogP contribution is -2.47. The van der Waals surface area contributed by atoms with E-state index in [1.165, 1.54) is 0 Å². The standard InChI is InChI=1S/C13H13BrN2OS/c14-7-10-1-3-11(4-2-10)12(17)16-13(8-15)5-6-18-9-13/h1-4H,5-7,9H2,(H,16,17). The van der Waals surface area contributed by atoms with Gasteiger partial charge in [0.15, 0.2) is 0 Å². The third-order valence-corrected chi connectivity index (χ3v) is 4.80. The quantitative estimate of drug-likeness (QED) is 0.870. The lowest BCUT2D eigenvalue weighted by molar-refractivity contribution is 0.0926. The fourth-order valence-electron chi connectivity index (χ4n) is 1.81. The molecule has 1 aliphatic heterocycles. The minimum atomic E-state index is -0.685. The molecule has 5 heteroatoms. The molecule has 94 valence electrons. The van der Waals surface area contributed by atoms with Crippen LogP contribution >= 0.6 is 27.7 Å². The minimum Gasteiger partial charge on any atom is -0.333 e. The Labute approximate surface area is 119 Å². The molecule has 0 radical (unpaired) electrons. The molecule has 0 saturated carbocycles. The summed E-state index contributed by atoms with van der Waals surface area (Å²) in [6, 6.07) is 9.64. The first-order valence-corrected chi connectivity index (χ1v) is 7.93. The lowest BCUT2D eigenvalue weighted by Gasteiger charge is -2.21. The molecule has 1 aromatic rings. The van der Waals surface area contributed by atoms with Gasteiger partial charge in [-0.25, -0.2) is 0 Å². The van der Waals surface area contributed by atoms with Crippen molar-refractivity contribution in [1.29, 1.82) is 5.26 Å². The van der Waals surface area contributed by atoms with Gasteiger partial charge in [0.1, 0.15) is 5.54 Å². The Morgan fingerprint density at radius 2 is 2.22 bits per heavy atom. The zero-order valence-corrected chi connectivity index (χ0v) is 12.2. The Kier molecular flexibility index (Phi) is 4.31. The highest BCUT2D eigenvalue weighted by Gasteiger charge is 2.36. The van der Waals surface area contributed by atoms with Crippen LogP contribution in [0.4, 0.5) is 0 Å². The van der Waals surface area contributed by atoms with E-state index in [1.807, 2.05) is 12.1 Å². The molecule has 3 nitrogen and oxygen atoms in total. The molecule has 1 atom stereocenters. The second kappa shape index (κ2) is 5.77. The van der Waals surface area contributed by atoms with E-state index >= 15 is 0 Å². The van der Waals surface area contributed by atoms with Crippen molar-refractivity contribution in [3.05, 3.63) is 35.4 Å². The predicted molar refractivity (Wildman–Crippen MR) is 76.8 cm³/mol. The van der Waals surface area contributed by atoms with Crippen LogP contribution in [0.2, 0.25) is 0 Å². The molecule has 1 amide bonds. The second-order valence-corrected chi connectivity index (χ2v) is 5.95. The highest BCUT2D eigenvalue weighted by molar-refractivity contribution is 9.08. The molecular weight excluding hydrogens is 312 g/mol. The number of carbonyl (C=O) groups is 1. The van der Waals surface area contributed by atoms with Crippen LogP contribution in [0.5, 0.6) is 0 Å². The van der Waals surface area contributed by atoms with Gasteiger partial charge in [-0.1, -0.05) is 28.1 Å². The van der Waals surface area contributed by atoms with Crippen LogP contribution in [0, 0.1) is 11.3 Å². The Morgan fingerprint density at radius 3 is 2.72 bits per heavy atom. The zero-order valence-electron chi connectivity index (χ0n) is 9.78. The molecule has 0 spiro atoms. The van der Waals surface area contributed by atoms with Crippen LogP contribution in [0.15, 0.2) is 24.3 Å². The van der Waals surface area contributed by atoms with Gasteiger partial charge in [-0.3, -0.25) is 4.79 Å². The Bertz CT molecular complexity index is 475. The molecule has 1 aromatic carbocycles. The summed E-state index contributed by atoms with van der Waals surface area (Å²) in [7, 11) is 0. The van der Waals surface area contributed by atoms with Crippen LogP contribution < -0.4 is 5.32 Å². The van der Waals surface area contributed by atoms with Crippen LogP contribution in [0.1, 0.15) is 22.3 Å². The summed E-state index contributed by atoms with van der Waals surface area (Å²) >= 11 is 5.07. The third kappa shape index (κ3) is 2.88. The fraction of sp³-hybridized carbons (Fsp3) is 0.385. The van der Waals surface area contributed by atoms with Gasteiger partial charge < -0.3 is 5.32 Å². The first kappa shape index (κ1) is 13.4. The monoisotopic (exact) mass is 324 g/mol. The number of hydrogen-bond acceptors (Lipinski definition) is 3. The van der Waals surface area contributed by atoms with Crippen LogP contribution in [0.25, 0.3) is 0 Å². The lowest BCUT2D eigenvalue weighted by atomic mass is 10.0. The smallest absolute Gasteiger partial charge is 0.252 e. The van der Waals surface area contributed by atoms with E-state index in [4.69, 9.17) is 0 Å². The number of alkyl halides is 1. The second-order valence-electron chi connectivity index (χ2n) is 4.28. The fourth-order valence-corrected chi connectivity index (χ4v) is 3.45. The largest absolute Gasteiger partial charge is 0.333 e. The van der Waals surface area contributed by atoms with E-state index < -0.39 is 5.54 Å². The highest BCUT2D eigenvalue weighted by Crippen LogP contribution is 2.27. The molecule has 1 aliphatic rings. The first-order chi connectivity index (χ1) is 8.69. The summed E-state index contributed by atoms with van der Waals surface area (Å²) in [4.78, 5) is 12.1. The molecule has 1 heterocycles. The van der Waals surface area contributed by atoms with E-state index in [-0.39, 0.29) is 5.91 Å². The van der Waals surface area contributed by atoms with Crippen molar-refractivity contribution in [2.45, 2.75) is 17.3 Å². The number of thioether (sulfide) groups is 1. The Balaban J connectivity index is 2.09. The SMILES string of the molecule is N#CC1(NC(=O)c2ccc(CBr)cc2)CCSC1. The van der Waals surface area contributed by atoms with Gasteiger partial charge in [-0.2, -0.15) is 17.0 Å². The van der Waals surface area contributed by atoms with Gasteiger partial charge in [-0.15, -0.1) is 0 Å². The number of halogens is 1. The van der Waals surface area contributed by atoms with Crippen molar-refractivity contribution in [3.63, 3.8) is 0 Å².